The Balaban J connectivity index is 2.23. The Morgan fingerprint density at radius 1 is 1.19 bits per heavy atom. The molecule has 4 heteroatoms. The van der Waals surface area contributed by atoms with Gasteiger partial charge in [-0.2, -0.15) is 0 Å². The summed E-state index contributed by atoms with van der Waals surface area (Å²) < 4.78 is 0. The van der Waals surface area contributed by atoms with E-state index >= 15 is 0 Å². The molecule has 0 saturated heterocycles. The maximum Gasteiger partial charge on any atom is 0.135 e. The van der Waals surface area contributed by atoms with Crippen LogP contribution in [-0.2, 0) is 0 Å². The van der Waals surface area contributed by atoms with Crippen molar-refractivity contribution in [3.63, 3.8) is 0 Å². The SMILES string of the molecule is CCNc1nc(C(C)C)nc(NC2CCCC(C)C2)c1C. The number of nitrogens with zero attached hydrogens (tertiary/aromatic N) is 2. The largest absolute Gasteiger partial charge is 0.370 e. The standard InChI is InChI=1S/C17H30N4/c1-6-18-16-13(5)17(21-15(20-16)11(2)3)19-14-9-7-8-12(4)10-14/h11-12,14H,6-10H2,1-5H3,(H2,18,19,20,21). The van der Waals surface area contributed by atoms with Crippen LogP contribution in [0.25, 0.3) is 0 Å². The summed E-state index contributed by atoms with van der Waals surface area (Å²) in [6.07, 6.45) is 5.18. The molecule has 4 nitrogen and oxygen atoms in total. The van der Waals surface area contributed by atoms with Gasteiger partial charge >= 0.3 is 0 Å². The molecule has 118 valence electrons. The monoisotopic (exact) mass is 290 g/mol. The number of nitrogens with one attached hydrogen (secondary N) is 2. The Labute approximate surface area is 129 Å². The summed E-state index contributed by atoms with van der Waals surface area (Å²) in [7, 11) is 0. The van der Waals surface area contributed by atoms with Gasteiger partial charge in [-0.15, -0.1) is 0 Å². The highest BCUT2D eigenvalue weighted by Gasteiger charge is 2.21. The maximum atomic E-state index is 4.77. The smallest absolute Gasteiger partial charge is 0.135 e. The van der Waals surface area contributed by atoms with Crippen LogP contribution < -0.4 is 10.6 Å². The van der Waals surface area contributed by atoms with Gasteiger partial charge in [0.1, 0.15) is 17.5 Å². The second kappa shape index (κ2) is 7.10. The van der Waals surface area contributed by atoms with Crippen LogP contribution >= 0.6 is 0 Å². The van der Waals surface area contributed by atoms with Crippen LogP contribution in [0.5, 0.6) is 0 Å². The average Bonchev–Trinajstić information content (AvgIpc) is 2.43. The zero-order valence-corrected chi connectivity index (χ0v) is 14.2. The molecule has 21 heavy (non-hydrogen) atoms. The first-order valence-corrected chi connectivity index (χ1v) is 8.40. The van der Waals surface area contributed by atoms with Crippen molar-refractivity contribution in [1.82, 2.24) is 9.97 Å². The number of aromatic nitrogens is 2. The fourth-order valence-electron chi connectivity index (χ4n) is 3.03. The average molecular weight is 290 g/mol. The third kappa shape index (κ3) is 4.08. The summed E-state index contributed by atoms with van der Waals surface area (Å²) in [5.74, 6) is 4.07. The Morgan fingerprint density at radius 3 is 2.52 bits per heavy atom. The molecule has 2 unspecified atom stereocenters. The zero-order valence-electron chi connectivity index (χ0n) is 14.2. The third-order valence-corrected chi connectivity index (χ3v) is 4.30. The Hall–Kier alpha value is -1.32. The maximum absolute atomic E-state index is 4.77. The molecule has 2 atom stereocenters. The molecule has 0 aromatic carbocycles. The Morgan fingerprint density at radius 2 is 1.90 bits per heavy atom. The number of rotatable bonds is 5. The third-order valence-electron chi connectivity index (χ3n) is 4.30. The Kier molecular flexibility index (Phi) is 5.43. The van der Waals surface area contributed by atoms with Gasteiger partial charge in [0.15, 0.2) is 0 Å². The van der Waals surface area contributed by atoms with Crippen molar-refractivity contribution in [2.24, 2.45) is 5.92 Å². The van der Waals surface area contributed by atoms with Gasteiger partial charge in [-0.3, -0.25) is 0 Å². The van der Waals surface area contributed by atoms with Crippen LogP contribution in [-0.4, -0.2) is 22.6 Å². The molecule has 1 aromatic heterocycles. The lowest BCUT2D eigenvalue weighted by Gasteiger charge is -2.29. The lowest BCUT2D eigenvalue weighted by Crippen LogP contribution is -2.27. The fraction of sp³-hybridized carbons (Fsp3) is 0.765. The van der Waals surface area contributed by atoms with Crippen molar-refractivity contribution in [3.8, 4) is 0 Å². The van der Waals surface area contributed by atoms with Crippen LogP contribution in [0, 0.1) is 12.8 Å². The molecule has 1 heterocycles. The van der Waals surface area contributed by atoms with E-state index in [9.17, 15) is 0 Å². The molecule has 1 saturated carbocycles. The fourth-order valence-corrected chi connectivity index (χ4v) is 3.03. The van der Waals surface area contributed by atoms with E-state index in [1.54, 1.807) is 0 Å². The van der Waals surface area contributed by atoms with Gasteiger partial charge in [-0.25, -0.2) is 9.97 Å². The normalized spacial score (nSPS) is 22.4. The summed E-state index contributed by atoms with van der Waals surface area (Å²) in [5, 5.41) is 7.05. The number of hydrogen-bond donors (Lipinski definition) is 2. The summed E-state index contributed by atoms with van der Waals surface area (Å²) >= 11 is 0. The van der Waals surface area contributed by atoms with Gasteiger partial charge < -0.3 is 10.6 Å². The summed E-state index contributed by atoms with van der Waals surface area (Å²) in [6.45, 7) is 11.7. The van der Waals surface area contributed by atoms with Gasteiger partial charge in [0.2, 0.25) is 0 Å². The van der Waals surface area contributed by atoms with E-state index in [0.717, 1.165) is 35.5 Å². The minimum atomic E-state index is 0.342. The van der Waals surface area contributed by atoms with E-state index in [-0.39, 0.29) is 0 Å². The molecule has 1 fully saturated rings. The van der Waals surface area contributed by atoms with Crippen LogP contribution in [0.15, 0.2) is 0 Å². The first-order valence-electron chi connectivity index (χ1n) is 8.40. The lowest BCUT2D eigenvalue weighted by atomic mass is 9.87. The van der Waals surface area contributed by atoms with E-state index in [2.05, 4.69) is 50.2 Å². The lowest BCUT2D eigenvalue weighted by molar-refractivity contribution is 0.358. The zero-order chi connectivity index (χ0) is 15.4. The molecule has 1 aliphatic rings. The molecule has 1 aromatic rings. The molecule has 0 spiro atoms. The van der Waals surface area contributed by atoms with Crippen LogP contribution in [0.4, 0.5) is 11.6 Å². The second-order valence-corrected chi connectivity index (χ2v) is 6.70. The first-order chi connectivity index (χ1) is 10.0. The van der Waals surface area contributed by atoms with Crippen LogP contribution in [0.3, 0.4) is 0 Å². The van der Waals surface area contributed by atoms with Crippen molar-refractivity contribution in [2.45, 2.75) is 72.3 Å². The minimum absolute atomic E-state index is 0.342. The quantitative estimate of drug-likeness (QED) is 0.847. The van der Waals surface area contributed by atoms with Crippen molar-refractivity contribution in [2.75, 3.05) is 17.2 Å². The molecule has 0 bridgehead atoms. The van der Waals surface area contributed by atoms with Crippen molar-refractivity contribution < 1.29 is 0 Å². The first kappa shape index (κ1) is 16.1. The molecular weight excluding hydrogens is 260 g/mol. The van der Waals surface area contributed by atoms with Crippen LogP contribution in [0.1, 0.15) is 70.7 Å². The minimum Gasteiger partial charge on any atom is -0.370 e. The van der Waals surface area contributed by atoms with Crippen LogP contribution in [0.2, 0.25) is 0 Å². The van der Waals surface area contributed by atoms with Crippen molar-refractivity contribution >= 4 is 11.6 Å². The molecule has 0 aliphatic heterocycles. The van der Waals surface area contributed by atoms with Crippen molar-refractivity contribution in [3.05, 3.63) is 11.4 Å². The van der Waals surface area contributed by atoms with Gasteiger partial charge in [0, 0.05) is 24.1 Å². The van der Waals surface area contributed by atoms with E-state index in [0.29, 0.717) is 12.0 Å². The predicted octanol–water partition coefficient (Wildman–Crippen LogP) is 4.33. The van der Waals surface area contributed by atoms with Crippen molar-refractivity contribution in [1.29, 1.82) is 0 Å². The molecule has 0 amide bonds. The summed E-state index contributed by atoms with van der Waals surface area (Å²) in [4.78, 5) is 9.44. The molecule has 0 radical (unpaired) electrons. The Bertz CT molecular complexity index is 470. The van der Waals surface area contributed by atoms with E-state index < -0.39 is 0 Å². The topological polar surface area (TPSA) is 49.8 Å². The molecule has 2 rings (SSSR count). The van der Waals surface area contributed by atoms with E-state index in [1.807, 2.05) is 0 Å². The molecular formula is C17H30N4. The van der Waals surface area contributed by atoms with Gasteiger partial charge in [0.05, 0.1) is 0 Å². The van der Waals surface area contributed by atoms with E-state index in [1.165, 1.54) is 25.7 Å². The molecule has 2 N–H and O–H groups in total. The van der Waals surface area contributed by atoms with E-state index in [4.69, 9.17) is 4.98 Å². The number of anilines is 2. The van der Waals surface area contributed by atoms with Gasteiger partial charge in [-0.05, 0) is 32.6 Å². The second-order valence-electron chi connectivity index (χ2n) is 6.70. The summed E-state index contributed by atoms with van der Waals surface area (Å²) in [5.41, 5.74) is 1.14. The number of hydrogen-bond acceptors (Lipinski definition) is 4. The van der Waals surface area contributed by atoms with Gasteiger partial charge in [-0.1, -0.05) is 33.6 Å². The highest BCUT2D eigenvalue weighted by atomic mass is 15.1. The molecule has 1 aliphatic carbocycles. The highest BCUT2D eigenvalue weighted by Crippen LogP contribution is 2.29. The predicted molar refractivity (Wildman–Crippen MR) is 90.1 cm³/mol. The van der Waals surface area contributed by atoms with Gasteiger partial charge in [0.25, 0.3) is 0 Å². The summed E-state index contributed by atoms with van der Waals surface area (Å²) in [6, 6.07) is 0.553. The highest BCUT2D eigenvalue weighted by molar-refractivity contribution is 5.57.